The molecule has 0 radical (unpaired) electrons. The first-order valence-corrected chi connectivity index (χ1v) is 4.43. The smallest absolute Gasteiger partial charge is 0.0594 e. The zero-order valence-corrected chi connectivity index (χ0v) is 7.54. The van der Waals surface area contributed by atoms with Crippen molar-refractivity contribution in [3.8, 4) is 0 Å². The minimum atomic E-state index is 0.791. The standard InChI is InChI=1S/C8H6ClNS/c1-5-2-3-7(9)6-4-10-11-8(5)6/h2-4H,1H3. The fraction of sp³-hybridized carbons (Fsp3) is 0.125. The van der Waals surface area contributed by atoms with Gasteiger partial charge in [-0.05, 0) is 30.1 Å². The van der Waals surface area contributed by atoms with Gasteiger partial charge >= 0.3 is 0 Å². The highest BCUT2D eigenvalue weighted by Gasteiger charge is 2.02. The van der Waals surface area contributed by atoms with Gasteiger partial charge in [0.15, 0.2) is 0 Å². The molecule has 1 aromatic carbocycles. The van der Waals surface area contributed by atoms with Crippen molar-refractivity contribution in [1.82, 2.24) is 4.37 Å². The third-order valence-electron chi connectivity index (χ3n) is 1.67. The molecule has 0 fully saturated rings. The number of benzene rings is 1. The lowest BCUT2D eigenvalue weighted by atomic mass is 10.2. The van der Waals surface area contributed by atoms with Crippen LogP contribution in [0.3, 0.4) is 0 Å². The van der Waals surface area contributed by atoms with Gasteiger partial charge in [0, 0.05) is 5.39 Å². The van der Waals surface area contributed by atoms with E-state index in [1.807, 2.05) is 18.3 Å². The SMILES string of the molecule is Cc1ccc(Cl)c2cnsc12. The molecule has 0 aliphatic carbocycles. The highest BCUT2D eigenvalue weighted by molar-refractivity contribution is 7.13. The first-order chi connectivity index (χ1) is 5.29. The lowest BCUT2D eigenvalue weighted by Gasteiger charge is -1.94. The molecule has 0 bridgehead atoms. The maximum absolute atomic E-state index is 5.94. The number of aromatic nitrogens is 1. The van der Waals surface area contributed by atoms with Gasteiger partial charge in [0.25, 0.3) is 0 Å². The van der Waals surface area contributed by atoms with E-state index >= 15 is 0 Å². The van der Waals surface area contributed by atoms with Crippen LogP contribution in [-0.2, 0) is 0 Å². The van der Waals surface area contributed by atoms with Crippen LogP contribution in [-0.4, -0.2) is 4.37 Å². The molecule has 2 rings (SSSR count). The van der Waals surface area contributed by atoms with Gasteiger partial charge in [0.1, 0.15) is 0 Å². The molecule has 0 atom stereocenters. The summed E-state index contributed by atoms with van der Waals surface area (Å²) in [6.07, 6.45) is 1.81. The number of halogens is 1. The third kappa shape index (κ3) is 1.03. The topological polar surface area (TPSA) is 12.9 Å². The van der Waals surface area contributed by atoms with Crippen LogP contribution < -0.4 is 0 Å². The van der Waals surface area contributed by atoms with Crippen LogP contribution in [0.25, 0.3) is 10.1 Å². The fourth-order valence-corrected chi connectivity index (χ4v) is 2.06. The monoisotopic (exact) mass is 183 g/mol. The molecule has 11 heavy (non-hydrogen) atoms. The molecule has 0 aliphatic rings. The highest BCUT2D eigenvalue weighted by atomic mass is 35.5. The molecule has 3 heteroatoms. The van der Waals surface area contributed by atoms with Crippen LogP contribution in [0.4, 0.5) is 0 Å². The lowest BCUT2D eigenvalue weighted by Crippen LogP contribution is -1.71. The van der Waals surface area contributed by atoms with Crippen LogP contribution in [0, 0.1) is 6.92 Å². The Morgan fingerprint density at radius 2 is 2.27 bits per heavy atom. The summed E-state index contributed by atoms with van der Waals surface area (Å²) in [6, 6.07) is 3.93. The Morgan fingerprint density at radius 3 is 3.00 bits per heavy atom. The Balaban J connectivity index is 2.96. The molecule has 1 aromatic heterocycles. The fourth-order valence-electron chi connectivity index (χ4n) is 1.06. The Hall–Kier alpha value is -0.600. The van der Waals surface area contributed by atoms with Crippen molar-refractivity contribution in [3.63, 3.8) is 0 Å². The summed E-state index contributed by atoms with van der Waals surface area (Å²) < 4.78 is 5.27. The number of hydrogen-bond donors (Lipinski definition) is 0. The van der Waals surface area contributed by atoms with Crippen molar-refractivity contribution in [2.75, 3.05) is 0 Å². The summed E-state index contributed by atoms with van der Waals surface area (Å²) in [4.78, 5) is 0. The molecule has 0 unspecified atom stereocenters. The van der Waals surface area contributed by atoms with E-state index in [2.05, 4.69) is 11.3 Å². The van der Waals surface area contributed by atoms with E-state index in [4.69, 9.17) is 11.6 Å². The normalized spacial score (nSPS) is 10.7. The van der Waals surface area contributed by atoms with Gasteiger partial charge < -0.3 is 0 Å². The molecule has 0 spiro atoms. The molecule has 1 nitrogen and oxygen atoms in total. The van der Waals surface area contributed by atoms with Crippen molar-refractivity contribution < 1.29 is 0 Å². The van der Waals surface area contributed by atoms with Crippen LogP contribution in [0.1, 0.15) is 5.56 Å². The molecule has 0 amide bonds. The van der Waals surface area contributed by atoms with Crippen molar-refractivity contribution in [2.24, 2.45) is 0 Å². The number of hydrogen-bond acceptors (Lipinski definition) is 2. The summed E-state index contributed by atoms with van der Waals surface area (Å²) >= 11 is 7.43. The van der Waals surface area contributed by atoms with Crippen molar-refractivity contribution in [1.29, 1.82) is 0 Å². The van der Waals surface area contributed by atoms with Crippen molar-refractivity contribution in [3.05, 3.63) is 28.9 Å². The first kappa shape index (κ1) is 7.07. The highest BCUT2D eigenvalue weighted by Crippen LogP contribution is 2.28. The zero-order chi connectivity index (χ0) is 7.84. The van der Waals surface area contributed by atoms with E-state index in [-0.39, 0.29) is 0 Å². The Bertz CT molecular complexity index is 358. The van der Waals surface area contributed by atoms with Gasteiger partial charge in [-0.15, -0.1) is 0 Å². The maximum Gasteiger partial charge on any atom is 0.0594 e. The number of nitrogens with zero attached hydrogens (tertiary/aromatic N) is 1. The van der Waals surface area contributed by atoms with Gasteiger partial charge in [0.2, 0.25) is 0 Å². The van der Waals surface area contributed by atoms with Crippen molar-refractivity contribution in [2.45, 2.75) is 6.92 Å². The second-order valence-electron chi connectivity index (χ2n) is 2.43. The van der Waals surface area contributed by atoms with Crippen molar-refractivity contribution >= 4 is 33.2 Å². The zero-order valence-electron chi connectivity index (χ0n) is 5.97. The minimum Gasteiger partial charge on any atom is -0.200 e. The molecule has 0 aliphatic heterocycles. The summed E-state index contributed by atoms with van der Waals surface area (Å²) in [5.41, 5.74) is 1.24. The van der Waals surface area contributed by atoms with Gasteiger partial charge in [-0.25, -0.2) is 0 Å². The second kappa shape index (κ2) is 2.47. The maximum atomic E-state index is 5.94. The van der Waals surface area contributed by atoms with Crippen LogP contribution in [0.2, 0.25) is 5.02 Å². The van der Waals surface area contributed by atoms with E-state index in [0.29, 0.717) is 0 Å². The molecule has 56 valence electrons. The van der Waals surface area contributed by atoms with E-state index in [0.717, 1.165) is 10.4 Å². The Labute approximate surface area is 73.8 Å². The number of rotatable bonds is 0. The van der Waals surface area contributed by atoms with Crippen LogP contribution in [0.15, 0.2) is 18.3 Å². The first-order valence-electron chi connectivity index (χ1n) is 3.28. The summed E-state index contributed by atoms with van der Waals surface area (Å²) in [7, 11) is 0. The average Bonchev–Trinajstić information content (AvgIpc) is 2.45. The molecular weight excluding hydrogens is 178 g/mol. The predicted octanol–water partition coefficient (Wildman–Crippen LogP) is 3.26. The molecule has 0 saturated heterocycles. The molecule has 0 saturated carbocycles. The molecule has 2 aromatic rings. The number of fused-ring (bicyclic) bond motifs is 1. The lowest BCUT2D eigenvalue weighted by molar-refractivity contribution is 1.55. The largest absolute Gasteiger partial charge is 0.200 e. The summed E-state index contributed by atoms with van der Waals surface area (Å²) in [5, 5.41) is 1.86. The second-order valence-corrected chi connectivity index (χ2v) is 3.64. The minimum absolute atomic E-state index is 0.791. The van der Waals surface area contributed by atoms with E-state index in [1.54, 1.807) is 0 Å². The van der Waals surface area contributed by atoms with Crippen LogP contribution in [0.5, 0.6) is 0 Å². The van der Waals surface area contributed by atoms with E-state index < -0.39 is 0 Å². The summed E-state index contributed by atoms with van der Waals surface area (Å²) in [5.74, 6) is 0. The quantitative estimate of drug-likeness (QED) is 0.611. The van der Waals surface area contributed by atoms with Gasteiger partial charge in [-0.2, -0.15) is 4.37 Å². The summed E-state index contributed by atoms with van der Waals surface area (Å²) in [6.45, 7) is 2.07. The van der Waals surface area contributed by atoms with E-state index in [9.17, 15) is 0 Å². The number of aryl methyl sites for hydroxylation is 1. The average molecular weight is 184 g/mol. The van der Waals surface area contributed by atoms with Gasteiger partial charge in [-0.1, -0.05) is 17.7 Å². The molecule has 1 heterocycles. The third-order valence-corrected chi connectivity index (χ3v) is 2.93. The Morgan fingerprint density at radius 1 is 1.45 bits per heavy atom. The van der Waals surface area contributed by atoms with Gasteiger partial charge in [0.05, 0.1) is 15.9 Å². The molecular formula is C8H6ClNS. The van der Waals surface area contributed by atoms with Gasteiger partial charge in [-0.3, -0.25) is 0 Å². The van der Waals surface area contributed by atoms with E-state index in [1.165, 1.54) is 21.8 Å². The molecule has 0 N–H and O–H groups in total. The predicted molar refractivity (Wildman–Crippen MR) is 49.4 cm³/mol. The van der Waals surface area contributed by atoms with Crippen LogP contribution >= 0.6 is 23.1 Å². The Kier molecular flexibility index (Phi) is 1.59.